The largest absolute Gasteiger partial charge is 0.465 e. The van der Waals surface area contributed by atoms with Gasteiger partial charge in [-0.3, -0.25) is 4.98 Å². The number of methoxy groups -OCH3 is 1. The van der Waals surface area contributed by atoms with Gasteiger partial charge in [0, 0.05) is 12.4 Å². The van der Waals surface area contributed by atoms with Crippen LogP contribution in [-0.2, 0) is 4.74 Å². The normalized spacial score (nSPS) is 10.4. The maximum atomic E-state index is 12.3. The number of pyridine rings is 1. The van der Waals surface area contributed by atoms with Gasteiger partial charge in [-0.05, 0) is 0 Å². The second kappa shape index (κ2) is 4.32. The Kier molecular flexibility index (Phi) is 3.35. The minimum Gasteiger partial charge on any atom is -0.465 e. The topological polar surface area (TPSA) is 39.2 Å². The van der Waals surface area contributed by atoms with Crippen LogP contribution in [0.25, 0.3) is 0 Å². The molecule has 0 spiro atoms. The third-order valence-corrected chi connectivity index (χ3v) is 1.97. The highest BCUT2D eigenvalue weighted by Gasteiger charge is 2.19. The number of hydrogen-bond acceptors (Lipinski definition) is 3. The first-order valence-corrected chi connectivity index (χ1v) is 3.95. The molecular weight excluding hydrogens is 216 g/mol. The van der Waals surface area contributed by atoms with Crippen LogP contribution in [0.1, 0.15) is 22.3 Å². The van der Waals surface area contributed by atoms with E-state index in [-0.39, 0.29) is 10.6 Å². The Morgan fingerprint density at radius 1 is 1.57 bits per heavy atom. The Bertz CT molecular complexity index is 357. The van der Waals surface area contributed by atoms with E-state index < -0.39 is 18.0 Å². The van der Waals surface area contributed by atoms with E-state index >= 15 is 0 Å². The van der Waals surface area contributed by atoms with Gasteiger partial charge >= 0.3 is 5.97 Å². The quantitative estimate of drug-likeness (QED) is 0.720. The first-order chi connectivity index (χ1) is 6.57. The molecule has 0 fully saturated rings. The van der Waals surface area contributed by atoms with Crippen molar-refractivity contribution in [3.63, 3.8) is 0 Å². The van der Waals surface area contributed by atoms with Crippen molar-refractivity contribution in [2.75, 3.05) is 7.11 Å². The molecule has 1 rings (SSSR count). The third kappa shape index (κ3) is 1.98. The molecule has 0 atom stereocenters. The van der Waals surface area contributed by atoms with Crippen molar-refractivity contribution >= 4 is 17.6 Å². The zero-order valence-corrected chi connectivity index (χ0v) is 7.89. The lowest BCUT2D eigenvalue weighted by molar-refractivity contribution is 0.0600. The molecule has 3 nitrogen and oxygen atoms in total. The summed E-state index contributed by atoms with van der Waals surface area (Å²) in [6.45, 7) is 0. The minimum absolute atomic E-state index is 0.160. The fourth-order valence-electron chi connectivity index (χ4n) is 0.865. The average molecular weight is 222 g/mol. The van der Waals surface area contributed by atoms with Crippen LogP contribution in [0, 0.1) is 0 Å². The number of aromatic nitrogens is 1. The van der Waals surface area contributed by atoms with Crippen molar-refractivity contribution in [1.29, 1.82) is 0 Å². The Labute approximate surface area is 83.7 Å². The van der Waals surface area contributed by atoms with Crippen molar-refractivity contribution in [2.24, 2.45) is 0 Å². The Morgan fingerprint density at radius 3 is 2.71 bits per heavy atom. The standard InChI is InChI=1S/C8H6ClF2NO2/c1-14-8(13)5-3-12-2-4(6(5)9)7(10)11/h2-3,7H,1H3. The van der Waals surface area contributed by atoms with Crippen LogP contribution >= 0.6 is 11.6 Å². The molecular formula is C8H6ClF2NO2. The van der Waals surface area contributed by atoms with Crippen molar-refractivity contribution < 1.29 is 18.3 Å². The lowest BCUT2D eigenvalue weighted by atomic mass is 10.2. The Hall–Kier alpha value is -1.23. The van der Waals surface area contributed by atoms with Crippen LogP contribution in [0.5, 0.6) is 0 Å². The molecule has 14 heavy (non-hydrogen) atoms. The van der Waals surface area contributed by atoms with Crippen LogP contribution in [0.3, 0.4) is 0 Å². The van der Waals surface area contributed by atoms with E-state index in [4.69, 9.17) is 11.6 Å². The maximum Gasteiger partial charge on any atom is 0.340 e. The molecule has 76 valence electrons. The van der Waals surface area contributed by atoms with Crippen molar-refractivity contribution in [1.82, 2.24) is 4.98 Å². The SMILES string of the molecule is COC(=O)c1cncc(C(F)F)c1Cl. The van der Waals surface area contributed by atoms with E-state index in [1.165, 1.54) is 0 Å². The minimum atomic E-state index is -2.76. The number of carbonyl (C=O) groups is 1. The van der Waals surface area contributed by atoms with Crippen LogP contribution < -0.4 is 0 Å². The number of carbonyl (C=O) groups excluding carboxylic acids is 1. The summed E-state index contributed by atoms with van der Waals surface area (Å²) in [6, 6.07) is 0. The van der Waals surface area contributed by atoms with E-state index in [1.54, 1.807) is 0 Å². The second-order valence-corrected chi connectivity index (χ2v) is 2.76. The summed E-state index contributed by atoms with van der Waals surface area (Å²) in [6.07, 6.45) is -0.765. The molecule has 0 aliphatic rings. The van der Waals surface area contributed by atoms with Gasteiger partial charge in [-0.15, -0.1) is 0 Å². The molecule has 0 radical (unpaired) electrons. The van der Waals surface area contributed by atoms with Gasteiger partial charge < -0.3 is 4.74 Å². The summed E-state index contributed by atoms with van der Waals surface area (Å²) in [5.41, 5.74) is -0.637. The maximum absolute atomic E-state index is 12.3. The highest BCUT2D eigenvalue weighted by atomic mass is 35.5. The molecule has 0 amide bonds. The summed E-state index contributed by atoms with van der Waals surface area (Å²) >= 11 is 5.56. The molecule has 0 bridgehead atoms. The second-order valence-electron chi connectivity index (χ2n) is 2.38. The number of rotatable bonds is 2. The third-order valence-electron chi connectivity index (χ3n) is 1.55. The molecule has 0 saturated heterocycles. The molecule has 0 unspecified atom stereocenters. The van der Waals surface area contributed by atoms with Gasteiger partial charge in [-0.2, -0.15) is 0 Å². The number of hydrogen-bond donors (Lipinski definition) is 0. The molecule has 1 aromatic heterocycles. The number of nitrogens with zero attached hydrogens (tertiary/aromatic N) is 1. The van der Waals surface area contributed by atoms with E-state index in [0.717, 1.165) is 19.5 Å². The summed E-state index contributed by atoms with van der Waals surface area (Å²) < 4.78 is 28.9. The van der Waals surface area contributed by atoms with E-state index in [1.807, 2.05) is 0 Å². The Balaban J connectivity index is 3.20. The molecule has 1 aromatic rings. The van der Waals surface area contributed by atoms with Gasteiger partial charge in [-0.25, -0.2) is 13.6 Å². The van der Waals surface area contributed by atoms with Gasteiger partial charge in [-0.1, -0.05) is 11.6 Å². The van der Waals surface area contributed by atoms with Crippen LogP contribution in [-0.4, -0.2) is 18.1 Å². The summed E-state index contributed by atoms with van der Waals surface area (Å²) in [5, 5.41) is -0.318. The number of esters is 1. The highest BCUT2D eigenvalue weighted by Crippen LogP contribution is 2.28. The van der Waals surface area contributed by atoms with Gasteiger partial charge in [0.2, 0.25) is 0 Å². The fraction of sp³-hybridized carbons (Fsp3) is 0.250. The van der Waals surface area contributed by atoms with Crippen LogP contribution in [0.4, 0.5) is 8.78 Å². The number of alkyl halides is 2. The molecule has 0 aliphatic heterocycles. The molecule has 0 saturated carbocycles. The van der Waals surface area contributed by atoms with Gasteiger partial charge in [0.25, 0.3) is 6.43 Å². The zero-order valence-electron chi connectivity index (χ0n) is 7.13. The summed E-state index contributed by atoms with van der Waals surface area (Å²) in [5.74, 6) is -0.787. The fourth-order valence-corrected chi connectivity index (χ4v) is 1.12. The lowest BCUT2D eigenvalue weighted by Crippen LogP contribution is -2.04. The van der Waals surface area contributed by atoms with E-state index in [0.29, 0.717) is 0 Å². The monoisotopic (exact) mass is 221 g/mol. The Morgan fingerprint density at radius 2 is 2.21 bits per heavy atom. The first-order valence-electron chi connectivity index (χ1n) is 3.57. The van der Waals surface area contributed by atoms with Crippen LogP contribution in [0.15, 0.2) is 12.4 Å². The molecule has 0 N–H and O–H groups in total. The molecule has 1 heterocycles. The van der Waals surface area contributed by atoms with Gasteiger partial charge in [0.15, 0.2) is 0 Å². The van der Waals surface area contributed by atoms with E-state index in [9.17, 15) is 13.6 Å². The van der Waals surface area contributed by atoms with Gasteiger partial charge in [0.1, 0.15) is 0 Å². The molecule has 6 heteroatoms. The first kappa shape index (κ1) is 10.8. The number of halogens is 3. The smallest absolute Gasteiger partial charge is 0.340 e. The van der Waals surface area contributed by atoms with Crippen molar-refractivity contribution in [3.8, 4) is 0 Å². The van der Waals surface area contributed by atoms with Gasteiger partial charge in [0.05, 0.1) is 23.3 Å². The summed E-state index contributed by atoms with van der Waals surface area (Å²) in [7, 11) is 1.13. The van der Waals surface area contributed by atoms with Crippen molar-refractivity contribution in [3.05, 3.63) is 28.5 Å². The molecule has 0 aromatic carbocycles. The lowest BCUT2D eigenvalue weighted by Gasteiger charge is -2.05. The van der Waals surface area contributed by atoms with E-state index in [2.05, 4.69) is 9.72 Å². The predicted molar refractivity (Wildman–Crippen MR) is 45.5 cm³/mol. The van der Waals surface area contributed by atoms with Crippen LogP contribution in [0.2, 0.25) is 5.02 Å². The zero-order chi connectivity index (χ0) is 10.7. The average Bonchev–Trinajstić information content (AvgIpc) is 2.16. The van der Waals surface area contributed by atoms with Crippen molar-refractivity contribution in [2.45, 2.75) is 6.43 Å². The predicted octanol–water partition coefficient (Wildman–Crippen LogP) is 2.46. The number of ether oxygens (including phenoxy) is 1. The molecule has 0 aliphatic carbocycles. The summed E-state index contributed by atoms with van der Waals surface area (Å²) in [4.78, 5) is 14.5. The highest BCUT2D eigenvalue weighted by molar-refractivity contribution is 6.34.